The smallest absolute Gasteiger partial charge is 0.296 e. The van der Waals surface area contributed by atoms with Crippen molar-refractivity contribution in [3.63, 3.8) is 0 Å². The van der Waals surface area contributed by atoms with Crippen molar-refractivity contribution in [2.75, 3.05) is 6.61 Å². The van der Waals surface area contributed by atoms with Gasteiger partial charge in [0.25, 0.3) is 6.01 Å². The van der Waals surface area contributed by atoms with Crippen LogP contribution in [0.5, 0.6) is 6.01 Å². The normalized spacial score (nSPS) is 16.9. The van der Waals surface area contributed by atoms with Gasteiger partial charge >= 0.3 is 0 Å². The molecule has 1 unspecified atom stereocenters. The molecular weight excluding hydrogens is 178 g/mol. The third-order valence-corrected chi connectivity index (χ3v) is 2.50. The molecule has 1 aromatic rings. The van der Waals surface area contributed by atoms with Crippen LogP contribution in [0.25, 0.3) is 0 Å². The summed E-state index contributed by atoms with van der Waals surface area (Å²) in [5.74, 6) is 0.610. The standard InChI is InChI=1S/C10H17N3O/c1-7(2)5-8(11)9-6-12-10-13(9)3-4-14-10/h6-8H,3-5,11H2,1-2H3. The molecule has 0 fully saturated rings. The molecule has 0 amide bonds. The van der Waals surface area contributed by atoms with Crippen LogP contribution in [0.15, 0.2) is 6.20 Å². The van der Waals surface area contributed by atoms with Gasteiger partial charge in [-0.2, -0.15) is 0 Å². The Balaban J connectivity index is 2.16. The topological polar surface area (TPSA) is 53.1 Å². The van der Waals surface area contributed by atoms with E-state index < -0.39 is 0 Å². The molecule has 14 heavy (non-hydrogen) atoms. The highest BCUT2D eigenvalue weighted by Crippen LogP contribution is 2.25. The van der Waals surface area contributed by atoms with Crippen molar-refractivity contribution in [2.45, 2.75) is 32.9 Å². The van der Waals surface area contributed by atoms with Gasteiger partial charge in [0.05, 0.1) is 18.4 Å². The summed E-state index contributed by atoms with van der Waals surface area (Å²) in [6.45, 7) is 5.97. The summed E-state index contributed by atoms with van der Waals surface area (Å²) in [6, 6.07) is 0.803. The van der Waals surface area contributed by atoms with Crippen molar-refractivity contribution in [3.05, 3.63) is 11.9 Å². The zero-order chi connectivity index (χ0) is 10.1. The molecule has 0 aliphatic carbocycles. The molecule has 0 spiro atoms. The molecule has 4 heteroatoms. The maximum absolute atomic E-state index is 6.10. The van der Waals surface area contributed by atoms with E-state index in [-0.39, 0.29) is 6.04 Å². The van der Waals surface area contributed by atoms with E-state index in [0.717, 1.165) is 31.3 Å². The van der Waals surface area contributed by atoms with E-state index in [0.29, 0.717) is 5.92 Å². The number of hydrogen-bond acceptors (Lipinski definition) is 3. The molecule has 1 aliphatic heterocycles. The first-order valence-corrected chi connectivity index (χ1v) is 5.12. The molecule has 1 atom stereocenters. The van der Waals surface area contributed by atoms with Crippen LogP contribution in [0, 0.1) is 5.92 Å². The lowest BCUT2D eigenvalue weighted by atomic mass is 10.0. The molecule has 2 N–H and O–H groups in total. The third-order valence-electron chi connectivity index (χ3n) is 2.50. The average Bonchev–Trinajstić information content (AvgIpc) is 2.59. The SMILES string of the molecule is CC(C)CC(N)c1cnc2n1CCO2. The molecule has 1 aliphatic rings. The molecule has 0 aromatic carbocycles. The quantitative estimate of drug-likeness (QED) is 0.791. The zero-order valence-corrected chi connectivity index (χ0v) is 8.73. The summed E-state index contributed by atoms with van der Waals surface area (Å²) >= 11 is 0. The summed E-state index contributed by atoms with van der Waals surface area (Å²) in [5, 5.41) is 0. The lowest BCUT2D eigenvalue weighted by Crippen LogP contribution is -2.16. The molecular formula is C10H17N3O. The van der Waals surface area contributed by atoms with Gasteiger partial charge in [0, 0.05) is 6.04 Å². The van der Waals surface area contributed by atoms with Gasteiger partial charge < -0.3 is 10.5 Å². The van der Waals surface area contributed by atoms with Crippen LogP contribution in [0.2, 0.25) is 0 Å². The van der Waals surface area contributed by atoms with E-state index in [9.17, 15) is 0 Å². The number of hydrogen-bond donors (Lipinski definition) is 1. The van der Waals surface area contributed by atoms with Crippen molar-refractivity contribution in [3.8, 4) is 6.01 Å². The Morgan fingerprint density at radius 1 is 1.64 bits per heavy atom. The number of nitrogens with two attached hydrogens (primary N) is 1. The fourth-order valence-corrected chi connectivity index (χ4v) is 1.86. The predicted molar refractivity (Wildman–Crippen MR) is 54.1 cm³/mol. The van der Waals surface area contributed by atoms with Crippen LogP contribution in [-0.2, 0) is 6.54 Å². The summed E-state index contributed by atoms with van der Waals surface area (Å²) < 4.78 is 7.41. The van der Waals surface area contributed by atoms with Crippen LogP contribution in [-0.4, -0.2) is 16.2 Å². The molecule has 4 nitrogen and oxygen atoms in total. The van der Waals surface area contributed by atoms with Gasteiger partial charge in [-0.25, -0.2) is 4.98 Å². The van der Waals surface area contributed by atoms with Crippen LogP contribution in [0.3, 0.4) is 0 Å². The Bertz CT molecular complexity index is 319. The Hall–Kier alpha value is -1.03. The number of imidazole rings is 1. The fraction of sp³-hybridized carbons (Fsp3) is 0.700. The van der Waals surface area contributed by atoms with Gasteiger partial charge in [0.15, 0.2) is 0 Å². The first kappa shape index (κ1) is 9.52. The minimum Gasteiger partial charge on any atom is -0.463 e. The van der Waals surface area contributed by atoms with E-state index in [1.165, 1.54) is 0 Å². The zero-order valence-electron chi connectivity index (χ0n) is 8.73. The summed E-state index contributed by atoms with van der Waals surface area (Å²) in [5.41, 5.74) is 7.20. The fourth-order valence-electron chi connectivity index (χ4n) is 1.86. The van der Waals surface area contributed by atoms with Crippen LogP contribution in [0.4, 0.5) is 0 Å². The first-order valence-electron chi connectivity index (χ1n) is 5.12. The first-order chi connectivity index (χ1) is 6.68. The number of rotatable bonds is 3. The summed E-state index contributed by atoms with van der Waals surface area (Å²) in [4.78, 5) is 4.19. The Kier molecular flexibility index (Phi) is 2.46. The second-order valence-electron chi connectivity index (χ2n) is 4.20. The van der Waals surface area contributed by atoms with E-state index in [2.05, 4.69) is 23.4 Å². The highest BCUT2D eigenvalue weighted by atomic mass is 16.5. The van der Waals surface area contributed by atoms with E-state index in [1.807, 2.05) is 6.20 Å². The van der Waals surface area contributed by atoms with Crippen LogP contribution in [0.1, 0.15) is 32.0 Å². The Morgan fingerprint density at radius 2 is 2.43 bits per heavy atom. The summed E-state index contributed by atoms with van der Waals surface area (Å²) in [6.07, 6.45) is 2.83. The Labute approximate surface area is 84.1 Å². The highest BCUT2D eigenvalue weighted by Gasteiger charge is 2.21. The van der Waals surface area contributed by atoms with Crippen molar-refractivity contribution < 1.29 is 4.74 Å². The molecule has 78 valence electrons. The van der Waals surface area contributed by atoms with Gasteiger partial charge in [-0.05, 0) is 12.3 Å². The molecule has 2 rings (SSSR count). The van der Waals surface area contributed by atoms with Gasteiger partial charge in [-0.15, -0.1) is 0 Å². The molecule has 0 saturated carbocycles. The number of fused-ring (bicyclic) bond motifs is 1. The molecule has 1 aromatic heterocycles. The molecule has 0 saturated heterocycles. The lowest BCUT2D eigenvalue weighted by Gasteiger charge is -2.14. The maximum Gasteiger partial charge on any atom is 0.296 e. The largest absolute Gasteiger partial charge is 0.463 e. The van der Waals surface area contributed by atoms with Gasteiger partial charge in [0.2, 0.25) is 0 Å². The number of aromatic nitrogens is 2. The third kappa shape index (κ3) is 1.62. The van der Waals surface area contributed by atoms with Crippen molar-refractivity contribution in [1.82, 2.24) is 9.55 Å². The molecule has 2 heterocycles. The lowest BCUT2D eigenvalue weighted by molar-refractivity contribution is 0.345. The molecule has 0 bridgehead atoms. The molecule has 0 radical (unpaired) electrons. The van der Waals surface area contributed by atoms with Gasteiger partial charge in [-0.3, -0.25) is 4.57 Å². The number of ether oxygens (including phenoxy) is 1. The van der Waals surface area contributed by atoms with E-state index >= 15 is 0 Å². The number of nitrogens with zero attached hydrogens (tertiary/aromatic N) is 2. The minimum absolute atomic E-state index is 0.0814. The van der Waals surface area contributed by atoms with Crippen molar-refractivity contribution in [2.24, 2.45) is 11.7 Å². The second-order valence-corrected chi connectivity index (χ2v) is 4.20. The maximum atomic E-state index is 6.10. The minimum atomic E-state index is 0.0814. The monoisotopic (exact) mass is 195 g/mol. The highest BCUT2D eigenvalue weighted by molar-refractivity contribution is 5.15. The average molecular weight is 195 g/mol. The van der Waals surface area contributed by atoms with Crippen molar-refractivity contribution >= 4 is 0 Å². The van der Waals surface area contributed by atoms with Crippen molar-refractivity contribution in [1.29, 1.82) is 0 Å². The van der Waals surface area contributed by atoms with Crippen LogP contribution < -0.4 is 10.5 Å². The Morgan fingerprint density at radius 3 is 3.14 bits per heavy atom. The van der Waals surface area contributed by atoms with Gasteiger partial charge in [-0.1, -0.05) is 13.8 Å². The van der Waals surface area contributed by atoms with Gasteiger partial charge in [0.1, 0.15) is 6.61 Å². The summed E-state index contributed by atoms with van der Waals surface area (Å²) in [7, 11) is 0. The van der Waals surface area contributed by atoms with E-state index in [4.69, 9.17) is 10.5 Å². The second kappa shape index (κ2) is 3.61. The van der Waals surface area contributed by atoms with E-state index in [1.54, 1.807) is 0 Å². The van der Waals surface area contributed by atoms with Crippen LogP contribution >= 0.6 is 0 Å². The predicted octanol–water partition coefficient (Wildman–Crippen LogP) is 1.32.